The molecule has 0 heterocycles. The summed E-state index contributed by atoms with van der Waals surface area (Å²) in [5, 5.41) is 2.66. The van der Waals surface area contributed by atoms with E-state index in [2.05, 4.69) is 11.9 Å². The molecule has 0 saturated carbocycles. The molecular formula is C13H15NO2. The van der Waals surface area contributed by atoms with E-state index < -0.39 is 0 Å². The highest BCUT2D eigenvalue weighted by atomic mass is 16.5. The third kappa shape index (κ3) is 4.00. The highest BCUT2D eigenvalue weighted by Gasteiger charge is 1.94. The van der Waals surface area contributed by atoms with Crippen molar-refractivity contribution in [1.82, 2.24) is 5.32 Å². The smallest absolute Gasteiger partial charge is 0.244 e. The van der Waals surface area contributed by atoms with Crippen LogP contribution in [0.2, 0.25) is 0 Å². The predicted molar refractivity (Wildman–Crippen MR) is 65.2 cm³/mol. The number of methoxy groups -OCH3 is 1. The molecule has 1 rings (SSSR count). The number of hydrogen-bond donors (Lipinski definition) is 1. The van der Waals surface area contributed by atoms with Crippen LogP contribution in [-0.4, -0.2) is 19.6 Å². The van der Waals surface area contributed by atoms with Gasteiger partial charge in [0, 0.05) is 12.6 Å². The molecule has 0 aromatic heterocycles. The molecule has 0 bridgehead atoms. The van der Waals surface area contributed by atoms with Gasteiger partial charge in [0.1, 0.15) is 5.75 Å². The molecule has 1 N–H and O–H groups in total. The van der Waals surface area contributed by atoms with Gasteiger partial charge in [-0.2, -0.15) is 0 Å². The van der Waals surface area contributed by atoms with E-state index in [0.717, 1.165) is 11.3 Å². The summed E-state index contributed by atoms with van der Waals surface area (Å²) in [6.07, 6.45) is 4.86. The van der Waals surface area contributed by atoms with Gasteiger partial charge in [0.05, 0.1) is 7.11 Å². The van der Waals surface area contributed by atoms with Crippen LogP contribution >= 0.6 is 0 Å². The van der Waals surface area contributed by atoms with Crippen molar-refractivity contribution in [2.45, 2.75) is 0 Å². The molecule has 0 unspecified atom stereocenters. The number of carbonyl (C=O) groups is 1. The minimum atomic E-state index is -0.136. The van der Waals surface area contributed by atoms with Crippen LogP contribution in [0.1, 0.15) is 5.56 Å². The van der Waals surface area contributed by atoms with E-state index in [4.69, 9.17) is 4.74 Å². The predicted octanol–water partition coefficient (Wildman–Crippen LogP) is 2.01. The van der Waals surface area contributed by atoms with Gasteiger partial charge in [-0.1, -0.05) is 18.2 Å². The lowest BCUT2D eigenvalue weighted by atomic mass is 10.2. The van der Waals surface area contributed by atoms with Crippen LogP contribution in [0.15, 0.2) is 43.0 Å². The normalized spacial score (nSPS) is 10.1. The van der Waals surface area contributed by atoms with Gasteiger partial charge in [0.15, 0.2) is 0 Å². The molecule has 0 atom stereocenters. The summed E-state index contributed by atoms with van der Waals surface area (Å²) in [4.78, 5) is 11.3. The molecule has 0 aliphatic heterocycles. The Morgan fingerprint density at radius 3 is 3.06 bits per heavy atom. The Labute approximate surface area is 95.4 Å². The zero-order chi connectivity index (χ0) is 11.8. The SMILES string of the molecule is C=CCNC(=O)/C=C/c1cccc(OC)c1. The maximum absolute atomic E-state index is 11.3. The first-order chi connectivity index (χ1) is 7.76. The van der Waals surface area contributed by atoms with Crippen molar-refractivity contribution in [1.29, 1.82) is 0 Å². The number of hydrogen-bond acceptors (Lipinski definition) is 2. The molecule has 0 fully saturated rings. The monoisotopic (exact) mass is 217 g/mol. The Balaban J connectivity index is 2.61. The molecular weight excluding hydrogens is 202 g/mol. The molecule has 3 nitrogen and oxygen atoms in total. The van der Waals surface area contributed by atoms with Crippen molar-refractivity contribution in [2.75, 3.05) is 13.7 Å². The molecule has 1 aromatic rings. The zero-order valence-electron chi connectivity index (χ0n) is 9.27. The number of carbonyl (C=O) groups excluding carboxylic acids is 1. The lowest BCUT2D eigenvalue weighted by molar-refractivity contribution is -0.116. The maximum Gasteiger partial charge on any atom is 0.244 e. The second kappa shape index (κ2) is 6.45. The van der Waals surface area contributed by atoms with Crippen LogP contribution in [0, 0.1) is 0 Å². The number of amides is 1. The molecule has 0 spiro atoms. The number of benzene rings is 1. The van der Waals surface area contributed by atoms with E-state index in [1.54, 1.807) is 19.3 Å². The Bertz CT molecular complexity index is 397. The van der Waals surface area contributed by atoms with Gasteiger partial charge in [0.2, 0.25) is 5.91 Å². The third-order valence-corrected chi connectivity index (χ3v) is 1.94. The molecule has 3 heteroatoms. The van der Waals surface area contributed by atoms with Crippen LogP contribution in [0.5, 0.6) is 5.75 Å². The summed E-state index contributed by atoms with van der Waals surface area (Å²) in [6, 6.07) is 7.49. The molecule has 84 valence electrons. The fourth-order valence-corrected chi connectivity index (χ4v) is 1.15. The molecule has 0 aliphatic rings. The Morgan fingerprint density at radius 1 is 1.56 bits per heavy atom. The van der Waals surface area contributed by atoms with Gasteiger partial charge in [-0.05, 0) is 23.8 Å². The van der Waals surface area contributed by atoms with Crippen molar-refractivity contribution in [3.05, 3.63) is 48.6 Å². The largest absolute Gasteiger partial charge is 0.497 e. The first-order valence-electron chi connectivity index (χ1n) is 4.97. The van der Waals surface area contributed by atoms with Crippen molar-refractivity contribution < 1.29 is 9.53 Å². The Morgan fingerprint density at radius 2 is 2.38 bits per heavy atom. The van der Waals surface area contributed by atoms with Gasteiger partial charge in [-0.15, -0.1) is 6.58 Å². The molecule has 16 heavy (non-hydrogen) atoms. The third-order valence-electron chi connectivity index (χ3n) is 1.94. The summed E-state index contributed by atoms with van der Waals surface area (Å²) in [7, 11) is 1.61. The summed E-state index contributed by atoms with van der Waals surface area (Å²) < 4.78 is 5.08. The topological polar surface area (TPSA) is 38.3 Å². The van der Waals surface area contributed by atoms with E-state index >= 15 is 0 Å². The van der Waals surface area contributed by atoms with Crippen LogP contribution in [-0.2, 0) is 4.79 Å². The quantitative estimate of drug-likeness (QED) is 0.605. The average molecular weight is 217 g/mol. The Kier molecular flexibility index (Phi) is 4.86. The molecule has 0 aliphatic carbocycles. The number of nitrogens with one attached hydrogen (secondary N) is 1. The highest BCUT2D eigenvalue weighted by molar-refractivity contribution is 5.91. The zero-order valence-corrected chi connectivity index (χ0v) is 9.27. The number of rotatable bonds is 5. The van der Waals surface area contributed by atoms with Crippen LogP contribution in [0.4, 0.5) is 0 Å². The standard InChI is InChI=1S/C13H15NO2/c1-3-9-14-13(15)8-7-11-5-4-6-12(10-11)16-2/h3-8,10H,1,9H2,2H3,(H,14,15)/b8-7+. The van der Waals surface area contributed by atoms with Gasteiger partial charge in [-0.25, -0.2) is 0 Å². The van der Waals surface area contributed by atoms with E-state index in [1.165, 1.54) is 6.08 Å². The van der Waals surface area contributed by atoms with E-state index in [0.29, 0.717) is 6.54 Å². The van der Waals surface area contributed by atoms with Crippen molar-refractivity contribution >= 4 is 12.0 Å². The number of ether oxygens (including phenoxy) is 1. The molecule has 0 radical (unpaired) electrons. The van der Waals surface area contributed by atoms with Gasteiger partial charge in [0.25, 0.3) is 0 Å². The van der Waals surface area contributed by atoms with Gasteiger partial charge in [-0.3, -0.25) is 4.79 Å². The van der Waals surface area contributed by atoms with Crippen molar-refractivity contribution in [3.8, 4) is 5.75 Å². The molecule has 1 amide bonds. The molecule has 1 aromatic carbocycles. The van der Waals surface area contributed by atoms with Crippen LogP contribution < -0.4 is 10.1 Å². The summed E-state index contributed by atoms with van der Waals surface area (Å²) in [6.45, 7) is 3.99. The van der Waals surface area contributed by atoms with Crippen LogP contribution in [0.3, 0.4) is 0 Å². The maximum atomic E-state index is 11.3. The second-order valence-corrected chi connectivity index (χ2v) is 3.14. The lowest BCUT2D eigenvalue weighted by Gasteiger charge is -2.00. The second-order valence-electron chi connectivity index (χ2n) is 3.14. The van der Waals surface area contributed by atoms with Crippen molar-refractivity contribution in [2.24, 2.45) is 0 Å². The van der Waals surface area contributed by atoms with E-state index in [-0.39, 0.29) is 5.91 Å². The van der Waals surface area contributed by atoms with Crippen LogP contribution in [0.25, 0.3) is 6.08 Å². The average Bonchev–Trinajstić information content (AvgIpc) is 2.34. The fourth-order valence-electron chi connectivity index (χ4n) is 1.15. The fraction of sp³-hybridized carbons (Fsp3) is 0.154. The first-order valence-corrected chi connectivity index (χ1v) is 4.97. The van der Waals surface area contributed by atoms with Gasteiger partial charge < -0.3 is 10.1 Å². The minimum absolute atomic E-state index is 0.136. The van der Waals surface area contributed by atoms with Gasteiger partial charge >= 0.3 is 0 Å². The van der Waals surface area contributed by atoms with E-state index in [1.807, 2.05) is 24.3 Å². The summed E-state index contributed by atoms with van der Waals surface area (Å²) >= 11 is 0. The lowest BCUT2D eigenvalue weighted by Crippen LogP contribution is -2.20. The summed E-state index contributed by atoms with van der Waals surface area (Å²) in [5.74, 6) is 0.636. The minimum Gasteiger partial charge on any atom is -0.497 e. The van der Waals surface area contributed by atoms with Crippen molar-refractivity contribution in [3.63, 3.8) is 0 Å². The first kappa shape index (κ1) is 12.0. The molecule has 0 saturated heterocycles. The summed E-state index contributed by atoms with van der Waals surface area (Å²) in [5.41, 5.74) is 0.924. The Hall–Kier alpha value is -2.03. The van der Waals surface area contributed by atoms with E-state index in [9.17, 15) is 4.79 Å². The highest BCUT2D eigenvalue weighted by Crippen LogP contribution is 2.13.